The molecule has 1 heterocycles. The lowest BCUT2D eigenvalue weighted by molar-refractivity contribution is 0.0700. The van der Waals surface area contributed by atoms with Gasteiger partial charge in [0, 0.05) is 31.9 Å². The monoisotopic (exact) mass is 565 g/mol. The quantitative estimate of drug-likeness (QED) is 0.125. The second kappa shape index (κ2) is 11.5. The summed E-state index contributed by atoms with van der Waals surface area (Å²) in [4.78, 5) is 37.2. The molecule has 0 fully saturated rings. The minimum atomic E-state index is -0.668. The fourth-order valence-corrected chi connectivity index (χ4v) is 3.53. The van der Waals surface area contributed by atoms with Crippen molar-refractivity contribution in [3.05, 3.63) is 117 Å². The third-order valence-corrected chi connectivity index (χ3v) is 5.50. The molecule has 4 aromatic rings. The first-order chi connectivity index (χ1) is 17.4. The van der Waals surface area contributed by atoms with Gasteiger partial charge in [-0.3, -0.25) is 9.59 Å². The summed E-state index contributed by atoms with van der Waals surface area (Å²) in [6, 6.07) is 20.9. The molecule has 0 saturated heterocycles. The number of carbonyl (C=O) groups excluding carboxylic acids is 3. The van der Waals surface area contributed by atoms with Crippen LogP contribution in [0.4, 0.5) is 5.69 Å². The molecule has 1 aromatic heterocycles. The van der Waals surface area contributed by atoms with E-state index in [1.54, 1.807) is 66.7 Å². The molecule has 36 heavy (non-hydrogen) atoms. The van der Waals surface area contributed by atoms with E-state index in [1.807, 2.05) is 0 Å². The van der Waals surface area contributed by atoms with Crippen LogP contribution in [0.25, 0.3) is 0 Å². The Labute approximate surface area is 219 Å². The highest BCUT2D eigenvalue weighted by Crippen LogP contribution is 2.23. The first kappa shape index (κ1) is 24.9. The normalized spacial score (nSPS) is 10.7. The van der Waals surface area contributed by atoms with Gasteiger partial charge in [-0.2, -0.15) is 5.10 Å². The van der Waals surface area contributed by atoms with Gasteiger partial charge in [-0.25, -0.2) is 10.2 Å². The number of nitrogens with one attached hydrogen (secondary N) is 2. The van der Waals surface area contributed by atoms with Gasteiger partial charge in [-0.1, -0.05) is 33.6 Å². The van der Waals surface area contributed by atoms with Gasteiger partial charge in [-0.05, 0) is 72.8 Å². The number of halogens is 2. The summed E-state index contributed by atoms with van der Waals surface area (Å²) in [6.07, 6.45) is 2.72. The number of hydrazone groups is 1. The van der Waals surface area contributed by atoms with Crippen LogP contribution in [-0.2, 0) is 0 Å². The highest BCUT2D eigenvalue weighted by atomic mass is 79.9. The van der Waals surface area contributed by atoms with Crippen molar-refractivity contribution in [2.75, 3.05) is 5.32 Å². The Balaban J connectivity index is 1.42. The summed E-state index contributed by atoms with van der Waals surface area (Å²) in [7, 11) is 0. The highest BCUT2D eigenvalue weighted by molar-refractivity contribution is 9.10. The molecule has 0 bridgehead atoms. The van der Waals surface area contributed by atoms with E-state index in [-0.39, 0.29) is 23.0 Å². The highest BCUT2D eigenvalue weighted by Gasteiger charge is 2.14. The summed E-state index contributed by atoms with van der Waals surface area (Å²) >= 11 is 9.21. The smallest absolute Gasteiger partial charge is 0.379 e. The van der Waals surface area contributed by atoms with Gasteiger partial charge in [0.1, 0.15) is 5.75 Å². The van der Waals surface area contributed by atoms with Crippen molar-refractivity contribution in [1.82, 2.24) is 5.43 Å². The lowest BCUT2D eigenvalue weighted by atomic mass is 10.1. The van der Waals surface area contributed by atoms with Crippen molar-refractivity contribution in [3.8, 4) is 5.75 Å². The molecule has 2 N–H and O–H groups in total. The van der Waals surface area contributed by atoms with Crippen LogP contribution in [0.1, 0.15) is 36.8 Å². The lowest BCUT2D eigenvalue weighted by Gasteiger charge is -2.08. The summed E-state index contributed by atoms with van der Waals surface area (Å²) in [5.41, 5.74) is 4.00. The third-order valence-electron chi connectivity index (χ3n) is 4.76. The maximum atomic E-state index is 12.6. The maximum Gasteiger partial charge on any atom is 0.379 e. The molecular formula is C26H17BrClN3O5. The second-order valence-electron chi connectivity index (χ2n) is 7.29. The van der Waals surface area contributed by atoms with Crippen molar-refractivity contribution in [1.29, 1.82) is 0 Å². The van der Waals surface area contributed by atoms with E-state index in [9.17, 15) is 14.4 Å². The van der Waals surface area contributed by atoms with Gasteiger partial charge in [0.15, 0.2) is 0 Å². The standard InChI is InChI=1S/C26H17BrClN3O5/c27-19-8-11-22(36-26(34)23-5-2-12-35-23)18(13-19)15-29-31-25(33)17-3-1-4-21(14-17)30-24(32)16-6-9-20(28)10-7-16/h1-15H,(H,30,32)(H,31,33). The summed E-state index contributed by atoms with van der Waals surface area (Å²) in [6.45, 7) is 0. The number of hydrogen-bond acceptors (Lipinski definition) is 6. The minimum absolute atomic E-state index is 0.0529. The average molecular weight is 567 g/mol. The zero-order chi connectivity index (χ0) is 25.5. The largest absolute Gasteiger partial charge is 0.457 e. The van der Waals surface area contributed by atoms with Gasteiger partial charge in [0.05, 0.1) is 12.5 Å². The molecule has 0 aliphatic rings. The van der Waals surface area contributed by atoms with Crippen LogP contribution in [0.2, 0.25) is 5.02 Å². The molecule has 180 valence electrons. The average Bonchev–Trinajstić information content (AvgIpc) is 3.41. The van der Waals surface area contributed by atoms with Crippen LogP contribution >= 0.6 is 27.5 Å². The Hall–Kier alpha value is -4.21. The number of benzene rings is 3. The van der Waals surface area contributed by atoms with E-state index in [1.165, 1.54) is 24.6 Å². The van der Waals surface area contributed by atoms with Gasteiger partial charge in [0.25, 0.3) is 11.8 Å². The summed E-state index contributed by atoms with van der Waals surface area (Å²) < 4.78 is 11.1. The molecule has 0 aliphatic carbocycles. The number of esters is 1. The molecule has 0 atom stereocenters. The number of furan rings is 1. The topological polar surface area (TPSA) is 110 Å². The Morgan fingerprint density at radius 3 is 2.47 bits per heavy atom. The van der Waals surface area contributed by atoms with E-state index >= 15 is 0 Å². The Morgan fingerprint density at radius 1 is 0.917 bits per heavy atom. The number of nitrogens with zero attached hydrogens (tertiary/aromatic N) is 1. The molecule has 10 heteroatoms. The molecule has 4 rings (SSSR count). The maximum absolute atomic E-state index is 12.6. The molecule has 0 radical (unpaired) electrons. The molecule has 2 amide bonds. The van der Waals surface area contributed by atoms with Crippen LogP contribution in [0.15, 0.2) is 99.1 Å². The van der Waals surface area contributed by atoms with Crippen molar-refractivity contribution in [2.24, 2.45) is 5.10 Å². The van der Waals surface area contributed by atoms with Crippen molar-refractivity contribution in [3.63, 3.8) is 0 Å². The van der Waals surface area contributed by atoms with E-state index in [0.717, 1.165) is 4.47 Å². The van der Waals surface area contributed by atoms with Crippen LogP contribution in [0, 0.1) is 0 Å². The zero-order valence-corrected chi connectivity index (χ0v) is 20.7. The Kier molecular flexibility index (Phi) is 7.94. The number of hydrogen-bond donors (Lipinski definition) is 2. The van der Waals surface area contributed by atoms with E-state index < -0.39 is 11.9 Å². The fourth-order valence-electron chi connectivity index (χ4n) is 3.03. The lowest BCUT2D eigenvalue weighted by Crippen LogP contribution is -2.18. The van der Waals surface area contributed by atoms with Crippen LogP contribution in [-0.4, -0.2) is 24.0 Å². The number of carbonyl (C=O) groups is 3. The van der Waals surface area contributed by atoms with E-state index in [0.29, 0.717) is 21.8 Å². The molecule has 0 aliphatic heterocycles. The van der Waals surface area contributed by atoms with Crippen LogP contribution in [0.3, 0.4) is 0 Å². The van der Waals surface area contributed by atoms with Crippen molar-refractivity contribution in [2.45, 2.75) is 0 Å². The van der Waals surface area contributed by atoms with Gasteiger partial charge in [-0.15, -0.1) is 0 Å². The predicted molar refractivity (Wildman–Crippen MR) is 139 cm³/mol. The molecule has 3 aromatic carbocycles. The summed E-state index contributed by atoms with van der Waals surface area (Å²) in [5.74, 6) is -1.23. The molecule has 0 unspecified atom stereocenters. The van der Waals surface area contributed by atoms with E-state index in [2.05, 4.69) is 31.8 Å². The summed E-state index contributed by atoms with van der Waals surface area (Å²) in [5, 5.41) is 7.24. The number of rotatable bonds is 7. The van der Waals surface area contributed by atoms with Crippen LogP contribution < -0.4 is 15.5 Å². The van der Waals surface area contributed by atoms with Crippen molar-refractivity contribution < 1.29 is 23.5 Å². The molecule has 0 spiro atoms. The minimum Gasteiger partial charge on any atom is -0.457 e. The first-order valence-electron chi connectivity index (χ1n) is 10.4. The third kappa shape index (κ3) is 6.47. The van der Waals surface area contributed by atoms with Crippen LogP contribution in [0.5, 0.6) is 5.75 Å². The van der Waals surface area contributed by atoms with Gasteiger partial charge in [0.2, 0.25) is 5.76 Å². The first-order valence-corrected chi connectivity index (χ1v) is 11.6. The zero-order valence-electron chi connectivity index (χ0n) is 18.4. The van der Waals surface area contributed by atoms with Gasteiger partial charge >= 0.3 is 5.97 Å². The molecule has 0 saturated carbocycles. The number of ether oxygens (including phenoxy) is 1. The number of amides is 2. The Bertz CT molecular complexity index is 1440. The number of anilines is 1. The SMILES string of the molecule is O=C(NN=Cc1cc(Br)ccc1OC(=O)c1ccco1)c1cccc(NC(=O)c2ccc(Cl)cc2)c1. The van der Waals surface area contributed by atoms with Crippen molar-refractivity contribution >= 4 is 57.2 Å². The fraction of sp³-hybridized carbons (Fsp3) is 0. The molecule has 8 nitrogen and oxygen atoms in total. The second-order valence-corrected chi connectivity index (χ2v) is 8.64. The Morgan fingerprint density at radius 2 is 1.72 bits per heavy atom. The molecular weight excluding hydrogens is 550 g/mol. The van der Waals surface area contributed by atoms with Gasteiger partial charge < -0.3 is 14.5 Å². The van der Waals surface area contributed by atoms with E-state index in [4.69, 9.17) is 20.8 Å². The predicted octanol–water partition coefficient (Wildman–Crippen LogP) is 5.93.